The van der Waals surface area contributed by atoms with Crippen LogP contribution in [0.2, 0.25) is 0 Å². The Hall–Kier alpha value is -1.96. The minimum Gasteiger partial charge on any atom is -0.381 e. The second kappa shape index (κ2) is 9.06. The van der Waals surface area contributed by atoms with Crippen LogP contribution in [-0.2, 0) is 4.74 Å². The Kier molecular flexibility index (Phi) is 7.38. The molecule has 0 atom stereocenters. The van der Waals surface area contributed by atoms with Crippen LogP contribution in [0.5, 0.6) is 0 Å². The first-order valence-electron chi connectivity index (χ1n) is 7.18. The molecule has 0 aromatic carbocycles. The summed E-state index contributed by atoms with van der Waals surface area (Å²) in [5.41, 5.74) is 0.266. The summed E-state index contributed by atoms with van der Waals surface area (Å²) in [5.74, 6) is 0.643. The fraction of sp³-hybridized carbons (Fsp3) is 0.692. The quantitative estimate of drug-likeness (QED) is 0.388. The molecule has 0 radical (unpaired) electrons. The zero-order valence-electron chi connectivity index (χ0n) is 12.8. The summed E-state index contributed by atoms with van der Waals surface area (Å²) in [6.07, 6.45) is 1.74. The number of hydrogen-bond acceptors (Lipinski definition) is 7. The van der Waals surface area contributed by atoms with Gasteiger partial charge in [0, 0.05) is 26.3 Å². The molecule has 1 aromatic heterocycles. The summed E-state index contributed by atoms with van der Waals surface area (Å²) < 4.78 is 5.37. The zero-order valence-corrected chi connectivity index (χ0v) is 12.8. The van der Waals surface area contributed by atoms with Crippen molar-refractivity contribution >= 4 is 17.5 Å². The van der Waals surface area contributed by atoms with Gasteiger partial charge in [-0.05, 0) is 26.7 Å². The van der Waals surface area contributed by atoms with E-state index >= 15 is 0 Å². The molecule has 0 amide bonds. The highest BCUT2D eigenvalue weighted by Gasteiger charge is 2.21. The molecule has 2 N–H and O–H groups in total. The van der Waals surface area contributed by atoms with Gasteiger partial charge in [-0.15, -0.1) is 0 Å². The Morgan fingerprint density at radius 1 is 1.24 bits per heavy atom. The van der Waals surface area contributed by atoms with Crippen LogP contribution in [0.3, 0.4) is 0 Å². The summed E-state index contributed by atoms with van der Waals surface area (Å²) in [5, 5.41) is 17.1. The maximum Gasteiger partial charge on any atom is 0.332 e. The number of nitrogens with one attached hydrogen (secondary N) is 2. The first-order valence-corrected chi connectivity index (χ1v) is 7.18. The van der Waals surface area contributed by atoms with Crippen molar-refractivity contribution in [3.8, 4) is 0 Å². The normalized spacial score (nSPS) is 10.4. The van der Waals surface area contributed by atoms with Gasteiger partial charge in [0.2, 0.25) is 11.8 Å². The van der Waals surface area contributed by atoms with Crippen molar-refractivity contribution in [1.29, 1.82) is 0 Å². The van der Waals surface area contributed by atoms with E-state index < -0.39 is 4.92 Å². The molecule has 0 unspecified atom stereocenters. The number of aryl methyl sites for hydroxylation is 1. The predicted octanol–water partition coefficient (Wildman–Crippen LogP) is 2.35. The highest BCUT2D eigenvalue weighted by Crippen LogP contribution is 2.26. The molecule has 118 valence electrons. The molecule has 0 spiro atoms. The molecule has 1 heterocycles. The molecule has 0 bridgehead atoms. The number of aromatic nitrogens is 2. The van der Waals surface area contributed by atoms with Crippen LogP contribution < -0.4 is 10.6 Å². The van der Waals surface area contributed by atoms with Gasteiger partial charge in [0.05, 0.1) is 4.92 Å². The zero-order chi connectivity index (χ0) is 15.7. The molecule has 0 aliphatic heterocycles. The number of nitro groups is 1. The van der Waals surface area contributed by atoms with Gasteiger partial charge >= 0.3 is 5.69 Å². The van der Waals surface area contributed by atoms with E-state index in [4.69, 9.17) is 4.74 Å². The Morgan fingerprint density at radius 3 is 2.62 bits per heavy atom. The summed E-state index contributed by atoms with van der Waals surface area (Å²) in [4.78, 5) is 18.9. The average molecular weight is 297 g/mol. The van der Waals surface area contributed by atoms with Crippen LogP contribution in [0.15, 0.2) is 0 Å². The van der Waals surface area contributed by atoms with Gasteiger partial charge in [-0.2, -0.15) is 4.98 Å². The summed E-state index contributed by atoms with van der Waals surface area (Å²) in [6.45, 7) is 8.15. The largest absolute Gasteiger partial charge is 0.381 e. The first kappa shape index (κ1) is 17.1. The maximum atomic E-state index is 11.1. The lowest BCUT2D eigenvalue weighted by Crippen LogP contribution is -2.13. The van der Waals surface area contributed by atoms with E-state index in [9.17, 15) is 10.1 Å². The van der Waals surface area contributed by atoms with Crippen molar-refractivity contribution in [2.45, 2.75) is 33.6 Å². The molecule has 21 heavy (non-hydrogen) atoms. The molecule has 1 rings (SSSR count). The smallest absolute Gasteiger partial charge is 0.332 e. The van der Waals surface area contributed by atoms with Crippen LogP contribution in [0.1, 0.15) is 32.4 Å². The molecular weight excluding hydrogens is 274 g/mol. The van der Waals surface area contributed by atoms with E-state index in [2.05, 4.69) is 20.6 Å². The van der Waals surface area contributed by atoms with Crippen LogP contribution in [-0.4, -0.2) is 41.2 Å². The first-order chi connectivity index (χ1) is 10.1. The minimum atomic E-state index is -0.457. The second-order valence-electron chi connectivity index (χ2n) is 4.51. The molecule has 1 aromatic rings. The third kappa shape index (κ3) is 5.50. The van der Waals surface area contributed by atoms with E-state index in [1.165, 1.54) is 0 Å². The number of nitrogens with zero attached hydrogens (tertiary/aromatic N) is 3. The van der Waals surface area contributed by atoms with Crippen molar-refractivity contribution < 1.29 is 9.66 Å². The number of hydrogen-bond donors (Lipinski definition) is 2. The molecule has 0 aliphatic rings. The summed E-state index contributed by atoms with van der Waals surface area (Å²) in [6, 6.07) is 0. The van der Waals surface area contributed by atoms with E-state index in [0.29, 0.717) is 31.3 Å². The Balaban J connectivity index is 2.71. The van der Waals surface area contributed by atoms with Crippen LogP contribution in [0.4, 0.5) is 17.5 Å². The van der Waals surface area contributed by atoms with Gasteiger partial charge in [-0.25, -0.2) is 4.98 Å². The molecule has 0 saturated carbocycles. The van der Waals surface area contributed by atoms with E-state index in [1.807, 2.05) is 13.8 Å². The van der Waals surface area contributed by atoms with Crippen LogP contribution >= 0.6 is 0 Å². The Labute approximate surface area is 124 Å². The fourth-order valence-electron chi connectivity index (χ4n) is 1.77. The standard InChI is InChI=1S/C13H23N5O3/c1-4-8-21-9-6-7-15-12-11(18(19)20)10(3)16-13(17-12)14-5-2/h4-9H2,1-3H3,(H2,14,15,16,17). The summed E-state index contributed by atoms with van der Waals surface area (Å²) >= 11 is 0. The van der Waals surface area contributed by atoms with Gasteiger partial charge in [0.1, 0.15) is 5.69 Å². The topological polar surface area (TPSA) is 102 Å². The van der Waals surface area contributed by atoms with Gasteiger partial charge < -0.3 is 15.4 Å². The van der Waals surface area contributed by atoms with E-state index in [-0.39, 0.29) is 11.5 Å². The maximum absolute atomic E-state index is 11.1. The minimum absolute atomic E-state index is 0.0777. The highest BCUT2D eigenvalue weighted by molar-refractivity contribution is 5.60. The molecule has 0 aliphatic carbocycles. The Bertz CT molecular complexity index is 467. The SMILES string of the molecule is CCCOCCCNc1nc(NCC)nc(C)c1[N+](=O)[O-]. The van der Waals surface area contributed by atoms with Crippen molar-refractivity contribution in [2.24, 2.45) is 0 Å². The van der Waals surface area contributed by atoms with E-state index in [0.717, 1.165) is 19.4 Å². The number of rotatable bonds is 10. The molecule has 0 saturated heterocycles. The van der Waals surface area contributed by atoms with Gasteiger partial charge in [0.15, 0.2) is 0 Å². The van der Waals surface area contributed by atoms with Gasteiger partial charge in [0.25, 0.3) is 0 Å². The second-order valence-corrected chi connectivity index (χ2v) is 4.51. The van der Waals surface area contributed by atoms with Gasteiger partial charge in [-0.1, -0.05) is 6.92 Å². The predicted molar refractivity (Wildman–Crippen MR) is 81.8 cm³/mol. The molecule has 8 nitrogen and oxygen atoms in total. The number of ether oxygens (including phenoxy) is 1. The van der Waals surface area contributed by atoms with Gasteiger partial charge in [-0.3, -0.25) is 10.1 Å². The monoisotopic (exact) mass is 297 g/mol. The van der Waals surface area contributed by atoms with Crippen molar-refractivity contribution in [3.05, 3.63) is 15.8 Å². The fourth-order valence-corrected chi connectivity index (χ4v) is 1.77. The van der Waals surface area contributed by atoms with Crippen molar-refractivity contribution in [2.75, 3.05) is 36.9 Å². The molecule has 0 fully saturated rings. The Morgan fingerprint density at radius 2 is 2.00 bits per heavy atom. The lowest BCUT2D eigenvalue weighted by Gasteiger charge is -2.10. The van der Waals surface area contributed by atoms with Crippen LogP contribution in [0, 0.1) is 17.0 Å². The lowest BCUT2D eigenvalue weighted by atomic mass is 10.3. The lowest BCUT2D eigenvalue weighted by molar-refractivity contribution is -0.385. The van der Waals surface area contributed by atoms with Crippen molar-refractivity contribution in [3.63, 3.8) is 0 Å². The molecular formula is C13H23N5O3. The third-order valence-electron chi connectivity index (χ3n) is 2.68. The molecule has 8 heteroatoms. The highest BCUT2D eigenvalue weighted by atomic mass is 16.6. The van der Waals surface area contributed by atoms with E-state index in [1.54, 1.807) is 6.92 Å². The average Bonchev–Trinajstić information content (AvgIpc) is 2.42. The van der Waals surface area contributed by atoms with Crippen molar-refractivity contribution in [1.82, 2.24) is 9.97 Å². The van der Waals surface area contributed by atoms with Crippen LogP contribution in [0.25, 0.3) is 0 Å². The number of anilines is 2. The third-order valence-corrected chi connectivity index (χ3v) is 2.68. The summed E-state index contributed by atoms with van der Waals surface area (Å²) in [7, 11) is 0.